The van der Waals surface area contributed by atoms with Crippen LogP contribution >= 0.6 is 11.6 Å². The summed E-state index contributed by atoms with van der Waals surface area (Å²) in [5.41, 5.74) is 1.23. The number of urea groups is 1. The number of hydrogen-bond acceptors (Lipinski definition) is 7. The highest BCUT2D eigenvalue weighted by Gasteiger charge is 2.54. The molecule has 1 N–H and O–H groups in total. The molecule has 5 amide bonds. The Morgan fingerprint density at radius 2 is 1.70 bits per heavy atom. The minimum Gasteiger partial charge on any atom is -0.378 e. The minimum absolute atomic E-state index is 0.199. The number of imide groups is 1. The lowest BCUT2D eigenvalue weighted by atomic mass is 9.91. The van der Waals surface area contributed by atoms with E-state index in [9.17, 15) is 19.2 Å². The van der Waals surface area contributed by atoms with Gasteiger partial charge in [-0.25, -0.2) is 9.59 Å². The molecule has 5 rings (SSSR count). The van der Waals surface area contributed by atoms with E-state index in [2.05, 4.69) is 5.32 Å². The topological polar surface area (TPSA) is 112 Å². The third-order valence-corrected chi connectivity index (χ3v) is 7.88. The Kier molecular flexibility index (Phi) is 7.82. The van der Waals surface area contributed by atoms with Crippen molar-refractivity contribution in [2.75, 3.05) is 52.5 Å². The van der Waals surface area contributed by atoms with Crippen LogP contribution in [-0.4, -0.2) is 108 Å². The molecule has 0 spiro atoms. The number of hydrogen-bond donors (Lipinski definition) is 1. The molecule has 200 valence electrons. The van der Waals surface area contributed by atoms with Gasteiger partial charge in [0.25, 0.3) is 5.91 Å². The molecule has 4 fully saturated rings. The molecule has 37 heavy (non-hydrogen) atoms. The summed E-state index contributed by atoms with van der Waals surface area (Å²) in [6.45, 7) is 3.16. The van der Waals surface area contributed by atoms with Crippen LogP contribution in [0.25, 0.3) is 0 Å². The van der Waals surface area contributed by atoms with E-state index >= 15 is 0 Å². The first-order chi connectivity index (χ1) is 17.9. The first-order valence-electron chi connectivity index (χ1n) is 12.9. The Bertz CT molecular complexity index is 1020. The summed E-state index contributed by atoms with van der Waals surface area (Å²) in [6, 6.07) is 5.34. The zero-order valence-corrected chi connectivity index (χ0v) is 21.4. The Hall–Kier alpha value is -2.89. The lowest BCUT2D eigenvalue weighted by Gasteiger charge is -2.38. The molecule has 4 aliphatic heterocycles. The molecule has 0 radical (unpaired) electrons. The number of aryl methyl sites for hydroxylation is 1. The largest absolute Gasteiger partial charge is 0.434 e. The number of morpholine rings is 1. The van der Waals surface area contributed by atoms with E-state index < -0.39 is 30.1 Å². The smallest absolute Gasteiger partial charge is 0.378 e. The number of halogens is 1. The summed E-state index contributed by atoms with van der Waals surface area (Å²) in [5, 5.41) is 4.32. The van der Waals surface area contributed by atoms with E-state index in [1.54, 1.807) is 4.90 Å². The monoisotopic (exact) mass is 533 g/mol. The van der Waals surface area contributed by atoms with Crippen LogP contribution in [0.5, 0.6) is 0 Å². The van der Waals surface area contributed by atoms with Gasteiger partial charge in [-0.15, -0.1) is 0 Å². The molecule has 0 aliphatic carbocycles. The number of piperidine rings is 1. The van der Waals surface area contributed by atoms with Gasteiger partial charge in [0.2, 0.25) is 5.91 Å². The number of piperazine rings is 1. The van der Waals surface area contributed by atoms with Gasteiger partial charge in [-0.3, -0.25) is 14.5 Å². The van der Waals surface area contributed by atoms with Crippen molar-refractivity contribution in [1.82, 2.24) is 25.1 Å². The first kappa shape index (κ1) is 25.7. The van der Waals surface area contributed by atoms with Crippen LogP contribution in [0.15, 0.2) is 24.3 Å². The highest BCUT2D eigenvalue weighted by molar-refractivity contribution is 6.30. The van der Waals surface area contributed by atoms with Crippen molar-refractivity contribution >= 4 is 35.5 Å². The highest BCUT2D eigenvalue weighted by Crippen LogP contribution is 2.27. The molecule has 0 saturated carbocycles. The average molecular weight is 534 g/mol. The number of benzene rings is 1. The van der Waals surface area contributed by atoms with E-state index in [1.165, 1.54) is 15.4 Å². The predicted molar refractivity (Wildman–Crippen MR) is 132 cm³/mol. The van der Waals surface area contributed by atoms with Crippen LogP contribution in [0.1, 0.15) is 24.8 Å². The summed E-state index contributed by atoms with van der Waals surface area (Å²) in [5.74, 6) is -0.402. The normalized spacial score (nSPS) is 24.9. The number of likely N-dealkylation sites (tertiary alicyclic amines) is 1. The molecule has 4 saturated heterocycles. The lowest BCUT2D eigenvalue weighted by molar-refractivity contribution is -0.152. The van der Waals surface area contributed by atoms with Crippen molar-refractivity contribution in [2.24, 2.45) is 5.92 Å². The third-order valence-electron chi connectivity index (χ3n) is 7.63. The zero-order valence-electron chi connectivity index (χ0n) is 20.6. The molecular weight excluding hydrogens is 502 g/mol. The molecule has 12 heteroatoms. The Labute approximate surface area is 220 Å². The van der Waals surface area contributed by atoms with Crippen molar-refractivity contribution in [3.05, 3.63) is 34.9 Å². The molecule has 1 aromatic rings. The van der Waals surface area contributed by atoms with Gasteiger partial charge in [0.1, 0.15) is 12.1 Å². The number of nitrogens with zero attached hydrogens (tertiary/aromatic N) is 4. The Morgan fingerprint density at radius 3 is 2.41 bits per heavy atom. The maximum atomic E-state index is 13.2. The molecule has 4 aliphatic rings. The number of fused-ring (bicyclic) bond motifs is 1. The molecule has 4 heterocycles. The van der Waals surface area contributed by atoms with Gasteiger partial charge in [-0.05, 0) is 49.3 Å². The molecule has 0 bridgehead atoms. The van der Waals surface area contributed by atoms with Gasteiger partial charge in [0, 0.05) is 44.3 Å². The van der Waals surface area contributed by atoms with Crippen molar-refractivity contribution in [3.63, 3.8) is 0 Å². The van der Waals surface area contributed by atoms with Crippen molar-refractivity contribution < 1.29 is 28.8 Å². The maximum Gasteiger partial charge on any atom is 0.434 e. The second-order valence-corrected chi connectivity index (χ2v) is 10.3. The van der Waals surface area contributed by atoms with Gasteiger partial charge in [0.15, 0.2) is 0 Å². The number of nitrogens with one attached hydrogen (secondary N) is 1. The van der Waals surface area contributed by atoms with Gasteiger partial charge in [-0.2, -0.15) is 0 Å². The Morgan fingerprint density at radius 1 is 1.00 bits per heavy atom. The van der Waals surface area contributed by atoms with Crippen LogP contribution in [0.4, 0.5) is 9.59 Å². The number of carbonyl (C=O) groups is 4. The number of amides is 5. The van der Waals surface area contributed by atoms with Crippen molar-refractivity contribution in [2.45, 2.75) is 37.8 Å². The maximum absolute atomic E-state index is 13.2. The molecule has 2 atom stereocenters. The van der Waals surface area contributed by atoms with Gasteiger partial charge < -0.3 is 24.7 Å². The van der Waals surface area contributed by atoms with E-state index in [-0.39, 0.29) is 19.0 Å². The zero-order chi connectivity index (χ0) is 25.9. The van der Waals surface area contributed by atoms with Gasteiger partial charge in [-0.1, -0.05) is 28.8 Å². The SMILES string of the molecule is O=C(ON1C(=O)C2CNCC(C(=O)N3CCOCC3)N2C1=O)N1CCC(CCc2ccc(Cl)cc2)CC1. The number of ether oxygens (including phenoxy) is 1. The van der Waals surface area contributed by atoms with E-state index in [0.29, 0.717) is 50.4 Å². The summed E-state index contributed by atoms with van der Waals surface area (Å²) >= 11 is 5.95. The molecule has 0 aromatic heterocycles. The van der Waals surface area contributed by atoms with Crippen LogP contribution in [-0.2, 0) is 25.6 Å². The number of carbonyl (C=O) groups excluding carboxylic acids is 4. The second kappa shape index (κ2) is 11.2. The van der Waals surface area contributed by atoms with Crippen LogP contribution in [0, 0.1) is 5.92 Å². The van der Waals surface area contributed by atoms with Gasteiger partial charge in [0.05, 0.1) is 13.2 Å². The highest BCUT2D eigenvalue weighted by atomic mass is 35.5. The summed E-state index contributed by atoms with van der Waals surface area (Å²) in [4.78, 5) is 61.8. The van der Waals surface area contributed by atoms with Crippen molar-refractivity contribution in [3.8, 4) is 0 Å². The number of hydroxylamine groups is 2. The molecule has 2 unspecified atom stereocenters. The fourth-order valence-corrected chi connectivity index (χ4v) is 5.55. The Balaban J connectivity index is 1.14. The van der Waals surface area contributed by atoms with E-state index in [0.717, 1.165) is 30.7 Å². The van der Waals surface area contributed by atoms with Crippen LogP contribution in [0.3, 0.4) is 0 Å². The minimum atomic E-state index is -0.886. The second-order valence-electron chi connectivity index (χ2n) is 9.90. The number of rotatable bonds is 5. The molecular formula is C25H32ClN5O6. The summed E-state index contributed by atoms with van der Waals surface area (Å²) in [7, 11) is 0. The summed E-state index contributed by atoms with van der Waals surface area (Å²) < 4.78 is 5.31. The van der Waals surface area contributed by atoms with E-state index in [1.807, 2.05) is 24.3 Å². The van der Waals surface area contributed by atoms with Crippen molar-refractivity contribution in [1.29, 1.82) is 0 Å². The quantitative estimate of drug-likeness (QED) is 0.571. The van der Waals surface area contributed by atoms with Gasteiger partial charge >= 0.3 is 12.1 Å². The first-order valence-corrected chi connectivity index (χ1v) is 13.2. The third kappa shape index (κ3) is 5.53. The average Bonchev–Trinajstić information content (AvgIpc) is 3.18. The lowest BCUT2D eigenvalue weighted by Crippen LogP contribution is -2.63. The van der Waals surface area contributed by atoms with E-state index in [4.69, 9.17) is 21.2 Å². The standard InChI is InChI=1S/C25H32ClN5O6/c26-19-5-3-17(4-6-19)1-2-18-7-9-29(10-8-18)25(35)37-31-23(33)21-16-27-15-20(30(21)24(31)34)22(32)28-11-13-36-14-12-28/h3-6,18,20-21,27H,1-2,7-16H2. The van der Waals surface area contributed by atoms with Crippen LogP contribution in [0.2, 0.25) is 5.02 Å². The fourth-order valence-electron chi connectivity index (χ4n) is 5.42. The molecule has 1 aromatic carbocycles. The van der Waals surface area contributed by atoms with Crippen LogP contribution < -0.4 is 5.32 Å². The predicted octanol–water partition coefficient (Wildman–Crippen LogP) is 1.50. The fraction of sp³-hybridized carbons (Fsp3) is 0.600. The summed E-state index contributed by atoms with van der Waals surface area (Å²) in [6.07, 6.45) is 2.87. The molecule has 11 nitrogen and oxygen atoms in total.